The molecule has 0 saturated carbocycles. The lowest BCUT2D eigenvalue weighted by Crippen LogP contribution is -2.21. The quantitative estimate of drug-likeness (QED) is 0.400. The van der Waals surface area contributed by atoms with E-state index in [4.69, 9.17) is 9.47 Å². The Morgan fingerprint density at radius 3 is 2.33 bits per heavy atom. The van der Waals surface area contributed by atoms with Gasteiger partial charge in [-0.3, -0.25) is 0 Å². The molecular weight excluding hydrogens is 404 g/mol. The topological polar surface area (TPSA) is 35.5 Å². The van der Waals surface area contributed by atoms with E-state index in [9.17, 15) is 4.79 Å². The monoisotopic (exact) mass is 432 g/mol. The normalized spacial score (nSPS) is 11.6. The van der Waals surface area contributed by atoms with E-state index in [1.54, 1.807) is 0 Å². The third-order valence-electron chi connectivity index (χ3n) is 4.43. The summed E-state index contributed by atoms with van der Waals surface area (Å²) in [5.74, 6) is 1.21. The van der Waals surface area contributed by atoms with Gasteiger partial charge >= 0.3 is 5.97 Å². The summed E-state index contributed by atoms with van der Waals surface area (Å²) in [5, 5.41) is 0. The van der Waals surface area contributed by atoms with Crippen LogP contribution in [0.5, 0.6) is 11.5 Å². The van der Waals surface area contributed by atoms with Crippen molar-refractivity contribution in [2.24, 2.45) is 0 Å². The Hall–Kier alpha value is -1.81. The number of benzene rings is 2. The first-order valence-corrected chi connectivity index (χ1v) is 10.0. The molecule has 0 saturated heterocycles. The van der Waals surface area contributed by atoms with Gasteiger partial charge in [0.2, 0.25) is 0 Å². The number of carbonyl (C=O) groups is 1. The summed E-state index contributed by atoms with van der Waals surface area (Å²) in [7, 11) is 0. The van der Waals surface area contributed by atoms with Gasteiger partial charge in [0.15, 0.2) is 6.61 Å². The summed E-state index contributed by atoms with van der Waals surface area (Å²) < 4.78 is 12.5. The van der Waals surface area contributed by atoms with Gasteiger partial charge in [0.25, 0.3) is 0 Å². The molecule has 0 N–H and O–H groups in total. The van der Waals surface area contributed by atoms with Gasteiger partial charge in [-0.25, -0.2) is 4.79 Å². The van der Waals surface area contributed by atoms with Crippen molar-refractivity contribution in [2.75, 3.05) is 6.61 Å². The minimum Gasteiger partial charge on any atom is -0.482 e. The van der Waals surface area contributed by atoms with Crippen molar-refractivity contribution < 1.29 is 14.3 Å². The second-order valence-electron chi connectivity index (χ2n) is 8.31. The summed E-state index contributed by atoms with van der Waals surface area (Å²) in [4.78, 5) is 12.4. The molecule has 146 valence electrons. The Kier molecular flexibility index (Phi) is 6.74. The zero-order chi connectivity index (χ0) is 20.4. The Morgan fingerprint density at radius 2 is 1.74 bits per heavy atom. The highest BCUT2D eigenvalue weighted by Gasteiger charge is 2.21. The van der Waals surface area contributed by atoms with Gasteiger partial charge in [0, 0.05) is 10.0 Å². The number of carbonyl (C=O) groups excluding carboxylic acids is 1. The fourth-order valence-corrected chi connectivity index (χ4v) is 3.22. The van der Waals surface area contributed by atoms with Crippen LogP contribution in [0.25, 0.3) is 0 Å². The molecule has 0 amide bonds. The van der Waals surface area contributed by atoms with Gasteiger partial charge in [-0.15, -0.1) is 0 Å². The molecule has 0 aliphatic carbocycles. The molecule has 0 radical (unpaired) electrons. The van der Waals surface area contributed by atoms with Gasteiger partial charge in [-0.2, -0.15) is 0 Å². The first-order valence-electron chi connectivity index (χ1n) is 9.23. The highest BCUT2D eigenvalue weighted by molar-refractivity contribution is 9.10. The SMILES string of the molecule is Cc1ccc(OC(=O)COc2cc(C)c(Br)cc2C(C)C)c(C(C)(C)C)c1. The predicted octanol–water partition coefficient (Wildman–Crippen LogP) is 6.47. The molecule has 2 rings (SSSR count). The van der Waals surface area contributed by atoms with E-state index in [0.29, 0.717) is 5.75 Å². The number of rotatable bonds is 5. The van der Waals surface area contributed by atoms with Crippen LogP contribution in [0.1, 0.15) is 62.8 Å². The van der Waals surface area contributed by atoms with E-state index in [1.165, 1.54) is 0 Å². The first-order chi connectivity index (χ1) is 12.5. The number of ether oxygens (including phenoxy) is 2. The van der Waals surface area contributed by atoms with E-state index in [2.05, 4.69) is 62.7 Å². The average molecular weight is 433 g/mol. The van der Waals surface area contributed by atoms with Crippen molar-refractivity contribution in [1.29, 1.82) is 0 Å². The molecule has 4 heteroatoms. The maximum absolute atomic E-state index is 12.4. The van der Waals surface area contributed by atoms with Gasteiger partial charge in [0.1, 0.15) is 11.5 Å². The van der Waals surface area contributed by atoms with E-state index >= 15 is 0 Å². The Balaban J connectivity index is 2.16. The maximum atomic E-state index is 12.4. The highest BCUT2D eigenvalue weighted by atomic mass is 79.9. The van der Waals surface area contributed by atoms with Gasteiger partial charge in [-0.1, -0.05) is 68.2 Å². The van der Waals surface area contributed by atoms with Crippen LogP contribution in [-0.4, -0.2) is 12.6 Å². The van der Waals surface area contributed by atoms with Crippen LogP contribution in [0, 0.1) is 13.8 Å². The molecule has 27 heavy (non-hydrogen) atoms. The standard InChI is InChI=1S/C23H29BrO3/c1-14(2)17-12-19(24)16(4)11-21(17)26-13-22(25)27-20-9-8-15(3)10-18(20)23(5,6)7/h8-12,14H,13H2,1-7H3. The van der Waals surface area contributed by atoms with Crippen molar-refractivity contribution in [3.63, 3.8) is 0 Å². The molecule has 0 bridgehead atoms. The lowest BCUT2D eigenvalue weighted by Gasteiger charge is -2.23. The van der Waals surface area contributed by atoms with Gasteiger partial charge in [-0.05, 0) is 54.5 Å². The zero-order valence-corrected chi connectivity index (χ0v) is 18.9. The van der Waals surface area contributed by atoms with Crippen LogP contribution in [-0.2, 0) is 10.2 Å². The third-order valence-corrected chi connectivity index (χ3v) is 5.28. The molecule has 2 aromatic rings. The van der Waals surface area contributed by atoms with Crippen LogP contribution >= 0.6 is 15.9 Å². The molecular formula is C23H29BrO3. The Bertz CT molecular complexity index is 832. The second-order valence-corrected chi connectivity index (χ2v) is 9.16. The van der Waals surface area contributed by atoms with Gasteiger partial charge < -0.3 is 9.47 Å². The maximum Gasteiger partial charge on any atom is 0.349 e. The van der Waals surface area contributed by atoms with E-state index in [0.717, 1.165) is 32.5 Å². The first kappa shape index (κ1) is 21.5. The molecule has 0 fully saturated rings. The number of hydrogen-bond donors (Lipinski definition) is 0. The largest absolute Gasteiger partial charge is 0.482 e. The number of aryl methyl sites for hydroxylation is 2. The summed E-state index contributed by atoms with van der Waals surface area (Å²) in [5.41, 5.74) is 4.17. The Morgan fingerprint density at radius 1 is 1.07 bits per heavy atom. The van der Waals surface area contributed by atoms with E-state index in [1.807, 2.05) is 32.0 Å². The minimum atomic E-state index is -0.403. The van der Waals surface area contributed by atoms with E-state index < -0.39 is 5.97 Å². The van der Waals surface area contributed by atoms with Crippen molar-refractivity contribution in [1.82, 2.24) is 0 Å². The average Bonchev–Trinajstić information content (AvgIpc) is 2.56. The van der Waals surface area contributed by atoms with Crippen molar-refractivity contribution in [3.05, 3.63) is 57.1 Å². The molecule has 0 aliphatic rings. The van der Waals surface area contributed by atoms with Crippen LogP contribution in [0.2, 0.25) is 0 Å². The lowest BCUT2D eigenvalue weighted by atomic mass is 9.85. The summed E-state index contributed by atoms with van der Waals surface area (Å²) in [6.07, 6.45) is 0. The molecule has 0 heterocycles. The summed E-state index contributed by atoms with van der Waals surface area (Å²) in [6.45, 7) is 14.4. The molecule has 0 aromatic heterocycles. The van der Waals surface area contributed by atoms with Crippen LogP contribution in [0.3, 0.4) is 0 Å². The molecule has 0 aliphatic heterocycles. The Labute approximate surface area is 171 Å². The van der Waals surface area contributed by atoms with Crippen molar-refractivity contribution >= 4 is 21.9 Å². The third kappa shape index (κ3) is 5.58. The number of halogens is 1. The lowest BCUT2D eigenvalue weighted by molar-refractivity contribution is -0.136. The fraction of sp³-hybridized carbons (Fsp3) is 0.435. The number of hydrogen-bond acceptors (Lipinski definition) is 3. The molecule has 0 atom stereocenters. The summed E-state index contributed by atoms with van der Waals surface area (Å²) >= 11 is 3.56. The van der Waals surface area contributed by atoms with Crippen LogP contribution in [0.15, 0.2) is 34.8 Å². The van der Waals surface area contributed by atoms with Crippen LogP contribution in [0.4, 0.5) is 0 Å². The van der Waals surface area contributed by atoms with Crippen LogP contribution < -0.4 is 9.47 Å². The van der Waals surface area contributed by atoms with Crippen molar-refractivity contribution in [2.45, 2.75) is 59.8 Å². The summed E-state index contributed by atoms with van der Waals surface area (Å²) in [6, 6.07) is 9.89. The second kappa shape index (κ2) is 8.47. The fourth-order valence-electron chi connectivity index (χ4n) is 2.85. The highest BCUT2D eigenvalue weighted by Crippen LogP contribution is 2.33. The van der Waals surface area contributed by atoms with Gasteiger partial charge in [0.05, 0.1) is 0 Å². The van der Waals surface area contributed by atoms with E-state index in [-0.39, 0.29) is 17.9 Å². The zero-order valence-electron chi connectivity index (χ0n) is 17.3. The van der Waals surface area contributed by atoms with Crippen molar-refractivity contribution in [3.8, 4) is 11.5 Å². The molecule has 0 unspecified atom stereocenters. The molecule has 3 nitrogen and oxygen atoms in total. The number of esters is 1. The molecule has 2 aromatic carbocycles. The smallest absolute Gasteiger partial charge is 0.349 e. The minimum absolute atomic E-state index is 0.115. The molecule has 0 spiro atoms. The predicted molar refractivity (Wildman–Crippen MR) is 114 cm³/mol.